The summed E-state index contributed by atoms with van der Waals surface area (Å²) in [5.74, 6) is -0.146. The lowest BCUT2D eigenvalue weighted by molar-refractivity contribution is 0.421. The fourth-order valence-electron chi connectivity index (χ4n) is 2.57. The number of anilines is 1. The number of nitrogens with zero attached hydrogens (tertiary/aromatic N) is 2. The molecule has 0 bridgehead atoms. The summed E-state index contributed by atoms with van der Waals surface area (Å²) in [5, 5.41) is 0. The molecule has 20 heavy (non-hydrogen) atoms. The first-order valence-electron chi connectivity index (χ1n) is 6.93. The first-order valence-corrected chi connectivity index (χ1v) is 6.93. The molecule has 104 valence electrons. The van der Waals surface area contributed by atoms with E-state index in [4.69, 9.17) is 0 Å². The van der Waals surface area contributed by atoms with Gasteiger partial charge in [-0.3, -0.25) is 4.90 Å². The lowest BCUT2D eigenvalue weighted by Gasteiger charge is -2.18. The van der Waals surface area contributed by atoms with Gasteiger partial charge in [0.05, 0.1) is 6.67 Å². The third-order valence-corrected chi connectivity index (χ3v) is 3.90. The Morgan fingerprint density at radius 1 is 0.950 bits per heavy atom. The van der Waals surface area contributed by atoms with Gasteiger partial charge < -0.3 is 4.90 Å². The Balaban J connectivity index is 1.83. The van der Waals surface area contributed by atoms with Gasteiger partial charge in [-0.25, -0.2) is 4.39 Å². The van der Waals surface area contributed by atoms with Gasteiger partial charge in [0.25, 0.3) is 0 Å². The molecule has 1 aliphatic rings. The number of hydrogen-bond donors (Lipinski definition) is 0. The van der Waals surface area contributed by atoms with Gasteiger partial charge in [-0.1, -0.05) is 24.3 Å². The van der Waals surface area contributed by atoms with Crippen molar-refractivity contribution in [3.05, 3.63) is 53.8 Å². The van der Waals surface area contributed by atoms with Gasteiger partial charge in [0, 0.05) is 18.8 Å². The molecule has 0 aromatic heterocycles. The van der Waals surface area contributed by atoms with Crippen molar-refractivity contribution >= 4 is 5.69 Å². The van der Waals surface area contributed by atoms with Crippen molar-refractivity contribution in [2.24, 2.45) is 0 Å². The van der Waals surface area contributed by atoms with E-state index in [9.17, 15) is 4.39 Å². The summed E-state index contributed by atoms with van der Waals surface area (Å²) in [6.45, 7) is 4.92. The minimum atomic E-state index is -0.146. The van der Waals surface area contributed by atoms with Gasteiger partial charge in [-0.2, -0.15) is 0 Å². The van der Waals surface area contributed by atoms with Crippen molar-refractivity contribution in [3.8, 4) is 11.1 Å². The zero-order valence-electron chi connectivity index (χ0n) is 11.9. The quantitative estimate of drug-likeness (QED) is 0.824. The molecule has 0 aliphatic carbocycles. The number of benzene rings is 2. The first-order chi connectivity index (χ1) is 9.63. The standard InChI is InChI=1S/C17H19FN2/c1-13-3-4-15(11-17(13)18)14-5-7-16(8-6-14)20-10-9-19(2)12-20/h3-8,11H,9-10,12H2,1-2H3. The summed E-state index contributed by atoms with van der Waals surface area (Å²) in [7, 11) is 2.13. The van der Waals surface area contributed by atoms with Crippen LogP contribution in [0.25, 0.3) is 11.1 Å². The van der Waals surface area contributed by atoms with Gasteiger partial charge in [-0.15, -0.1) is 0 Å². The summed E-state index contributed by atoms with van der Waals surface area (Å²) >= 11 is 0. The van der Waals surface area contributed by atoms with E-state index in [-0.39, 0.29) is 5.82 Å². The van der Waals surface area contributed by atoms with Crippen LogP contribution in [-0.4, -0.2) is 31.7 Å². The summed E-state index contributed by atoms with van der Waals surface area (Å²) in [6, 6.07) is 13.8. The molecule has 1 saturated heterocycles. The summed E-state index contributed by atoms with van der Waals surface area (Å²) in [4.78, 5) is 4.64. The van der Waals surface area contributed by atoms with Crippen molar-refractivity contribution in [2.45, 2.75) is 6.92 Å². The summed E-state index contributed by atoms with van der Waals surface area (Å²) in [6.07, 6.45) is 0. The maximum absolute atomic E-state index is 13.6. The smallest absolute Gasteiger partial charge is 0.126 e. The van der Waals surface area contributed by atoms with Crippen LogP contribution in [0.2, 0.25) is 0 Å². The predicted octanol–water partition coefficient (Wildman–Crippen LogP) is 3.51. The van der Waals surface area contributed by atoms with Crippen LogP contribution in [0.4, 0.5) is 10.1 Å². The summed E-state index contributed by atoms with van der Waals surface area (Å²) in [5.41, 5.74) is 3.90. The van der Waals surface area contributed by atoms with Crippen LogP contribution in [0.15, 0.2) is 42.5 Å². The maximum Gasteiger partial charge on any atom is 0.126 e. The van der Waals surface area contributed by atoms with Crippen LogP contribution in [0, 0.1) is 12.7 Å². The molecule has 0 spiro atoms. The van der Waals surface area contributed by atoms with E-state index in [2.05, 4.69) is 41.1 Å². The minimum Gasteiger partial charge on any atom is -0.357 e. The average Bonchev–Trinajstić information content (AvgIpc) is 2.89. The second-order valence-electron chi connectivity index (χ2n) is 5.50. The molecule has 3 rings (SSSR count). The van der Waals surface area contributed by atoms with Crippen molar-refractivity contribution in [1.82, 2.24) is 4.90 Å². The normalized spacial score (nSPS) is 15.8. The van der Waals surface area contributed by atoms with E-state index in [0.717, 1.165) is 30.9 Å². The number of halogens is 1. The molecule has 1 heterocycles. The molecular formula is C17H19FN2. The Morgan fingerprint density at radius 3 is 2.25 bits per heavy atom. The molecule has 3 heteroatoms. The van der Waals surface area contributed by atoms with Crippen molar-refractivity contribution in [3.63, 3.8) is 0 Å². The topological polar surface area (TPSA) is 6.48 Å². The van der Waals surface area contributed by atoms with Gasteiger partial charge in [0.15, 0.2) is 0 Å². The van der Waals surface area contributed by atoms with E-state index in [0.29, 0.717) is 5.56 Å². The van der Waals surface area contributed by atoms with E-state index < -0.39 is 0 Å². The third kappa shape index (κ3) is 2.54. The van der Waals surface area contributed by atoms with E-state index >= 15 is 0 Å². The van der Waals surface area contributed by atoms with Crippen LogP contribution in [0.5, 0.6) is 0 Å². The average molecular weight is 270 g/mol. The van der Waals surface area contributed by atoms with E-state index in [1.807, 2.05) is 12.1 Å². The highest BCUT2D eigenvalue weighted by Gasteiger charge is 2.16. The number of likely N-dealkylation sites (N-methyl/N-ethyl adjacent to an activating group) is 1. The Kier molecular flexibility index (Phi) is 3.45. The van der Waals surface area contributed by atoms with Gasteiger partial charge >= 0.3 is 0 Å². The Morgan fingerprint density at radius 2 is 1.65 bits per heavy atom. The molecule has 1 fully saturated rings. The van der Waals surface area contributed by atoms with Crippen LogP contribution in [-0.2, 0) is 0 Å². The molecule has 0 amide bonds. The molecule has 0 radical (unpaired) electrons. The Labute approximate surface area is 119 Å². The van der Waals surface area contributed by atoms with Crippen LogP contribution in [0.3, 0.4) is 0 Å². The lowest BCUT2D eigenvalue weighted by atomic mass is 10.0. The highest BCUT2D eigenvalue weighted by Crippen LogP contribution is 2.25. The predicted molar refractivity (Wildman–Crippen MR) is 81.4 cm³/mol. The van der Waals surface area contributed by atoms with Crippen LogP contribution in [0.1, 0.15) is 5.56 Å². The monoisotopic (exact) mass is 270 g/mol. The molecule has 0 atom stereocenters. The van der Waals surface area contributed by atoms with E-state index in [1.54, 1.807) is 13.0 Å². The molecule has 0 N–H and O–H groups in total. The number of rotatable bonds is 2. The second-order valence-corrected chi connectivity index (χ2v) is 5.50. The maximum atomic E-state index is 13.6. The molecule has 2 aromatic carbocycles. The van der Waals surface area contributed by atoms with Gasteiger partial charge in [0.1, 0.15) is 5.82 Å². The SMILES string of the molecule is Cc1ccc(-c2ccc(N3CCN(C)C3)cc2)cc1F. The Hall–Kier alpha value is -1.87. The molecule has 1 aliphatic heterocycles. The van der Waals surface area contributed by atoms with Crippen molar-refractivity contribution in [2.75, 3.05) is 31.7 Å². The number of hydrogen-bond acceptors (Lipinski definition) is 2. The highest BCUT2D eigenvalue weighted by atomic mass is 19.1. The minimum absolute atomic E-state index is 0.146. The highest BCUT2D eigenvalue weighted by molar-refractivity contribution is 5.66. The first kappa shape index (κ1) is 13.1. The summed E-state index contributed by atoms with van der Waals surface area (Å²) < 4.78 is 13.6. The lowest BCUT2D eigenvalue weighted by Crippen LogP contribution is -2.22. The van der Waals surface area contributed by atoms with Gasteiger partial charge in [0.2, 0.25) is 0 Å². The molecule has 0 unspecified atom stereocenters. The number of aryl methyl sites for hydroxylation is 1. The van der Waals surface area contributed by atoms with Crippen molar-refractivity contribution in [1.29, 1.82) is 0 Å². The zero-order chi connectivity index (χ0) is 14.1. The molecule has 0 saturated carbocycles. The molecular weight excluding hydrogens is 251 g/mol. The largest absolute Gasteiger partial charge is 0.357 e. The second kappa shape index (κ2) is 5.25. The Bertz CT molecular complexity index is 607. The fourth-order valence-corrected chi connectivity index (χ4v) is 2.57. The van der Waals surface area contributed by atoms with Crippen molar-refractivity contribution < 1.29 is 4.39 Å². The molecule has 2 nitrogen and oxygen atoms in total. The third-order valence-electron chi connectivity index (χ3n) is 3.90. The van der Waals surface area contributed by atoms with E-state index in [1.165, 1.54) is 5.69 Å². The van der Waals surface area contributed by atoms with Crippen LogP contribution >= 0.6 is 0 Å². The van der Waals surface area contributed by atoms with Crippen LogP contribution < -0.4 is 4.90 Å². The zero-order valence-corrected chi connectivity index (χ0v) is 11.9. The fraction of sp³-hybridized carbons (Fsp3) is 0.294. The molecule has 2 aromatic rings. The van der Waals surface area contributed by atoms with Gasteiger partial charge in [-0.05, 0) is 48.9 Å².